The molecule has 1 aromatic heterocycles. The summed E-state index contributed by atoms with van der Waals surface area (Å²) >= 11 is 0. The zero-order valence-electron chi connectivity index (χ0n) is 10.2. The van der Waals surface area contributed by atoms with Gasteiger partial charge in [-0.05, 0) is 13.8 Å². The Morgan fingerprint density at radius 2 is 2.00 bits per heavy atom. The van der Waals surface area contributed by atoms with E-state index in [0.29, 0.717) is 5.88 Å². The van der Waals surface area contributed by atoms with Gasteiger partial charge >= 0.3 is 6.18 Å². The molecule has 0 unspecified atom stereocenters. The zero-order valence-corrected chi connectivity index (χ0v) is 10.2. The van der Waals surface area contributed by atoms with Crippen molar-refractivity contribution < 1.29 is 17.9 Å². The van der Waals surface area contributed by atoms with Crippen LogP contribution in [0.4, 0.5) is 13.2 Å². The molecule has 0 atom stereocenters. The topological polar surface area (TPSA) is 38.3 Å². The average Bonchev–Trinajstić information content (AvgIpc) is 2.19. The molecule has 1 fully saturated rings. The van der Waals surface area contributed by atoms with Crippen molar-refractivity contribution in [3.8, 4) is 5.88 Å². The van der Waals surface area contributed by atoms with Crippen molar-refractivity contribution >= 4 is 0 Å². The highest BCUT2D eigenvalue weighted by atomic mass is 19.4. The summed E-state index contributed by atoms with van der Waals surface area (Å²) in [4.78, 5) is 9.29. The second-order valence-electron chi connectivity index (χ2n) is 4.44. The monoisotopic (exact) mass is 261 g/mol. The van der Waals surface area contributed by atoms with Gasteiger partial charge in [0.15, 0.2) is 0 Å². The molecule has 0 saturated carbocycles. The van der Waals surface area contributed by atoms with E-state index in [9.17, 15) is 13.2 Å². The van der Waals surface area contributed by atoms with Gasteiger partial charge in [-0.1, -0.05) is 0 Å². The lowest BCUT2D eigenvalue weighted by molar-refractivity contribution is -0.162. The molecular weight excluding hydrogens is 247 g/mol. The summed E-state index contributed by atoms with van der Waals surface area (Å²) < 4.78 is 41.8. The number of hydrogen-bond acceptors (Lipinski definition) is 4. The fraction of sp³-hybridized carbons (Fsp3) is 0.636. The highest BCUT2D eigenvalue weighted by Gasteiger charge is 2.38. The first-order valence-corrected chi connectivity index (χ1v) is 5.59. The number of halogens is 3. The Morgan fingerprint density at radius 1 is 1.33 bits per heavy atom. The third kappa shape index (κ3) is 3.10. The summed E-state index contributed by atoms with van der Waals surface area (Å²) in [5.41, 5.74) is 1.64. The van der Waals surface area contributed by atoms with Crippen molar-refractivity contribution in [2.75, 3.05) is 19.6 Å². The molecule has 0 spiro atoms. The van der Waals surface area contributed by atoms with Crippen LogP contribution in [0.2, 0.25) is 0 Å². The van der Waals surface area contributed by atoms with Crippen LogP contribution in [0.15, 0.2) is 6.33 Å². The number of aromatic nitrogens is 2. The van der Waals surface area contributed by atoms with Gasteiger partial charge in [0.2, 0.25) is 5.88 Å². The lowest BCUT2D eigenvalue weighted by Gasteiger charge is -2.39. The zero-order chi connectivity index (χ0) is 13.3. The first-order valence-electron chi connectivity index (χ1n) is 5.59. The molecular formula is C11H14F3N3O. The van der Waals surface area contributed by atoms with Gasteiger partial charge in [0.1, 0.15) is 12.4 Å². The van der Waals surface area contributed by atoms with Crippen LogP contribution in [0, 0.1) is 13.8 Å². The molecule has 0 aromatic carbocycles. The molecule has 1 aliphatic heterocycles. The molecule has 4 nitrogen and oxygen atoms in total. The molecule has 0 aliphatic carbocycles. The summed E-state index contributed by atoms with van der Waals surface area (Å²) in [5.74, 6) is 0.458. The molecule has 1 aromatic rings. The molecule has 18 heavy (non-hydrogen) atoms. The molecule has 100 valence electrons. The van der Waals surface area contributed by atoms with Crippen LogP contribution in [0.1, 0.15) is 11.3 Å². The smallest absolute Gasteiger partial charge is 0.401 e. The van der Waals surface area contributed by atoms with Gasteiger partial charge < -0.3 is 4.74 Å². The summed E-state index contributed by atoms with van der Waals surface area (Å²) in [5, 5.41) is 0. The van der Waals surface area contributed by atoms with Crippen molar-refractivity contribution in [2.45, 2.75) is 26.1 Å². The minimum atomic E-state index is -4.15. The standard InChI is InChI=1S/C11H14F3N3O/c1-7-8(2)15-6-16-10(7)18-9-3-17(4-9)5-11(12,13)14/h6,9H,3-5H2,1-2H3. The van der Waals surface area contributed by atoms with Crippen molar-refractivity contribution in [1.82, 2.24) is 14.9 Å². The van der Waals surface area contributed by atoms with E-state index in [4.69, 9.17) is 4.74 Å². The van der Waals surface area contributed by atoms with E-state index in [2.05, 4.69) is 9.97 Å². The number of alkyl halides is 3. The number of ether oxygens (including phenoxy) is 1. The van der Waals surface area contributed by atoms with Crippen molar-refractivity contribution in [2.24, 2.45) is 0 Å². The Hall–Kier alpha value is -1.37. The normalized spacial score (nSPS) is 17.6. The largest absolute Gasteiger partial charge is 0.471 e. The van der Waals surface area contributed by atoms with E-state index >= 15 is 0 Å². The second kappa shape index (κ2) is 4.72. The Kier molecular flexibility index (Phi) is 3.43. The molecule has 2 rings (SSSR count). The number of rotatable bonds is 3. The van der Waals surface area contributed by atoms with E-state index in [1.165, 1.54) is 11.2 Å². The minimum Gasteiger partial charge on any atom is -0.471 e. The Morgan fingerprint density at radius 3 is 2.61 bits per heavy atom. The Labute approximate surface area is 103 Å². The Balaban J connectivity index is 1.85. The van der Waals surface area contributed by atoms with E-state index in [1.54, 1.807) is 0 Å². The maximum absolute atomic E-state index is 12.1. The van der Waals surface area contributed by atoms with Gasteiger partial charge in [0, 0.05) is 24.3 Å². The second-order valence-corrected chi connectivity index (χ2v) is 4.44. The summed E-state index contributed by atoms with van der Waals surface area (Å²) in [6, 6.07) is 0. The van der Waals surface area contributed by atoms with E-state index in [0.717, 1.165) is 11.3 Å². The predicted octanol–water partition coefficient (Wildman–Crippen LogP) is 1.72. The fourth-order valence-corrected chi connectivity index (χ4v) is 1.77. The van der Waals surface area contributed by atoms with Crippen LogP contribution in [-0.2, 0) is 0 Å². The van der Waals surface area contributed by atoms with Gasteiger partial charge in [0.05, 0.1) is 6.54 Å². The van der Waals surface area contributed by atoms with Gasteiger partial charge in [0.25, 0.3) is 0 Å². The summed E-state index contributed by atoms with van der Waals surface area (Å²) in [6.45, 7) is 3.34. The van der Waals surface area contributed by atoms with Crippen molar-refractivity contribution in [3.63, 3.8) is 0 Å². The number of nitrogens with zero attached hydrogens (tertiary/aromatic N) is 3. The highest BCUT2D eigenvalue weighted by molar-refractivity contribution is 5.27. The molecule has 0 radical (unpaired) electrons. The van der Waals surface area contributed by atoms with Crippen LogP contribution in [0.5, 0.6) is 5.88 Å². The van der Waals surface area contributed by atoms with Crippen LogP contribution < -0.4 is 4.74 Å². The first kappa shape index (κ1) is 13.1. The third-order valence-corrected chi connectivity index (χ3v) is 2.89. The SMILES string of the molecule is Cc1ncnc(OC2CN(CC(F)(F)F)C2)c1C. The highest BCUT2D eigenvalue weighted by Crippen LogP contribution is 2.24. The van der Waals surface area contributed by atoms with Crippen LogP contribution in [0.3, 0.4) is 0 Å². The predicted molar refractivity (Wildman–Crippen MR) is 58.4 cm³/mol. The van der Waals surface area contributed by atoms with Crippen LogP contribution in [-0.4, -0.2) is 46.8 Å². The van der Waals surface area contributed by atoms with Crippen LogP contribution >= 0.6 is 0 Å². The summed E-state index contributed by atoms with van der Waals surface area (Å²) in [6.07, 6.45) is -2.98. The molecule has 1 saturated heterocycles. The van der Waals surface area contributed by atoms with Gasteiger partial charge in [-0.15, -0.1) is 0 Å². The lowest BCUT2D eigenvalue weighted by Crippen LogP contribution is -2.56. The maximum atomic E-state index is 12.1. The quantitative estimate of drug-likeness (QED) is 0.830. The third-order valence-electron chi connectivity index (χ3n) is 2.89. The molecule has 0 amide bonds. The lowest BCUT2D eigenvalue weighted by atomic mass is 10.1. The minimum absolute atomic E-state index is 0.222. The average molecular weight is 261 g/mol. The molecule has 0 N–H and O–H groups in total. The van der Waals surface area contributed by atoms with Crippen LogP contribution in [0.25, 0.3) is 0 Å². The van der Waals surface area contributed by atoms with Gasteiger partial charge in [-0.3, -0.25) is 4.90 Å². The molecule has 0 bridgehead atoms. The van der Waals surface area contributed by atoms with Crippen molar-refractivity contribution in [3.05, 3.63) is 17.6 Å². The molecule has 7 heteroatoms. The summed E-state index contributed by atoms with van der Waals surface area (Å²) in [7, 11) is 0. The number of aryl methyl sites for hydroxylation is 1. The van der Waals surface area contributed by atoms with Gasteiger partial charge in [-0.2, -0.15) is 13.2 Å². The molecule has 2 heterocycles. The van der Waals surface area contributed by atoms with Gasteiger partial charge in [-0.25, -0.2) is 9.97 Å². The number of hydrogen-bond donors (Lipinski definition) is 0. The fourth-order valence-electron chi connectivity index (χ4n) is 1.77. The van der Waals surface area contributed by atoms with Crippen molar-refractivity contribution in [1.29, 1.82) is 0 Å². The first-order chi connectivity index (χ1) is 8.35. The van der Waals surface area contributed by atoms with E-state index in [1.807, 2.05) is 13.8 Å². The van der Waals surface area contributed by atoms with E-state index in [-0.39, 0.29) is 19.2 Å². The maximum Gasteiger partial charge on any atom is 0.401 e. The molecule has 1 aliphatic rings. The number of likely N-dealkylation sites (tertiary alicyclic amines) is 1. The van der Waals surface area contributed by atoms with E-state index < -0.39 is 12.7 Å². The Bertz CT molecular complexity index is 430.